The highest BCUT2D eigenvalue weighted by atomic mass is 16.7. The van der Waals surface area contributed by atoms with Crippen molar-refractivity contribution in [1.82, 2.24) is 31.5 Å². The summed E-state index contributed by atoms with van der Waals surface area (Å²) >= 11 is 0. The van der Waals surface area contributed by atoms with Crippen molar-refractivity contribution >= 4 is 29.5 Å². The minimum absolute atomic E-state index is 0.105. The molecule has 0 bridgehead atoms. The van der Waals surface area contributed by atoms with Crippen LogP contribution >= 0.6 is 0 Å². The van der Waals surface area contributed by atoms with Crippen LogP contribution in [0.4, 0.5) is 0 Å². The van der Waals surface area contributed by atoms with Gasteiger partial charge in [-0.2, -0.15) is 5.06 Å². The van der Waals surface area contributed by atoms with Crippen LogP contribution in [0, 0.1) is 11.3 Å². The van der Waals surface area contributed by atoms with E-state index < -0.39 is 12.1 Å². The van der Waals surface area contributed by atoms with Crippen molar-refractivity contribution in [3.8, 4) is 0 Å². The van der Waals surface area contributed by atoms with E-state index in [1.165, 1.54) is 18.4 Å². The van der Waals surface area contributed by atoms with Crippen molar-refractivity contribution in [3.63, 3.8) is 0 Å². The number of hydrogen-bond acceptors (Lipinski definition) is 7. The van der Waals surface area contributed by atoms with Crippen LogP contribution in [0.5, 0.6) is 0 Å². The van der Waals surface area contributed by atoms with Gasteiger partial charge in [0.05, 0.1) is 26.2 Å². The van der Waals surface area contributed by atoms with E-state index in [1.807, 2.05) is 6.92 Å². The lowest BCUT2D eigenvalue weighted by atomic mass is 10.0. The monoisotopic (exact) mass is 713 g/mol. The van der Waals surface area contributed by atoms with Crippen molar-refractivity contribution < 1.29 is 33.9 Å². The number of quaternary nitrogens is 1. The molecule has 0 aromatic carbocycles. The molecule has 1 aliphatic heterocycles. The largest absolute Gasteiger partial charge is 0.355 e. The fraction of sp³-hybridized carbons (Fsp3) is 0.757. The van der Waals surface area contributed by atoms with Crippen LogP contribution in [0.2, 0.25) is 0 Å². The first kappa shape index (κ1) is 51.1. The van der Waals surface area contributed by atoms with Gasteiger partial charge in [-0.15, -0.1) is 0 Å². The summed E-state index contributed by atoms with van der Waals surface area (Å²) < 4.78 is 0. The number of hydrogen-bond donors (Lipinski definition) is 6. The Kier molecular flexibility index (Phi) is 30.1. The summed E-state index contributed by atoms with van der Waals surface area (Å²) in [5.41, 5.74) is 0.942. The molecule has 0 saturated carbocycles. The third-order valence-electron chi connectivity index (χ3n) is 5.93. The number of hydroxylamine groups is 2. The van der Waals surface area contributed by atoms with Crippen LogP contribution in [0.15, 0.2) is 23.9 Å². The van der Waals surface area contributed by atoms with Gasteiger partial charge in [0.25, 0.3) is 5.91 Å². The van der Waals surface area contributed by atoms with E-state index in [9.17, 15) is 24.0 Å². The summed E-state index contributed by atoms with van der Waals surface area (Å²) in [5, 5.41) is 14.4. The fourth-order valence-corrected chi connectivity index (χ4v) is 3.60. The Bertz CT molecular complexity index is 1030. The number of amides is 5. The molecule has 0 fully saturated rings. The maximum atomic E-state index is 13.0. The van der Waals surface area contributed by atoms with Gasteiger partial charge < -0.3 is 31.5 Å². The van der Waals surface area contributed by atoms with E-state index in [4.69, 9.17) is 4.84 Å². The van der Waals surface area contributed by atoms with E-state index in [1.54, 1.807) is 46.2 Å². The van der Waals surface area contributed by atoms with E-state index in [-0.39, 0.29) is 48.7 Å². The molecule has 0 spiro atoms. The number of carbonyl (C=O) groups excluding carboxylic acids is 5. The predicted octanol–water partition coefficient (Wildman–Crippen LogP) is 2.50. The zero-order chi connectivity index (χ0) is 39.4. The molecular weight excluding hydrogens is 638 g/mol. The zero-order valence-electron chi connectivity index (χ0n) is 34.1. The van der Waals surface area contributed by atoms with Gasteiger partial charge in [0.1, 0.15) is 18.8 Å². The van der Waals surface area contributed by atoms with E-state index in [0.29, 0.717) is 43.5 Å². The minimum atomic E-state index is -0.711. The summed E-state index contributed by atoms with van der Waals surface area (Å²) in [4.78, 5) is 68.2. The maximum Gasteiger partial charge on any atom is 0.251 e. The van der Waals surface area contributed by atoms with Crippen molar-refractivity contribution in [3.05, 3.63) is 23.9 Å². The highest BCUT2D eigenvalue weighted by molar-refractivity contribution is 5.98. The fourth-order valence-electron chi connectivity index (χ4n) is 3.60. The highest BCUT2D eigenvalue weighted by Crippen LogP contribution is 2.08. The Morgan fingerprint density at radius 2 is 1.44 bits per heavy atom. The van der Waals surface area contributed by atoms with Gasteiger partial charge >= 0.3 is 0 Å². The summed E-state index contributed by atoms with van der Waals surface area (Å²) in [6.45, 7) is 27.6. The molecule has 50 heavy (non-hydrogen) atoms. The van der Waals surface area contributed by atoms with Crippen molar-refractivity contribution in [1.29, 1.82) is 0 Å². The summed E-state index contributed by atoms with van der Waals surface area (Å²) in [7, 11) is 3.10. The average molecular weight is 713 g/mol. The summed E-state index contributed by atoms with van der Waals surface area (Å²) in [6.07, 6.45) is 7.43. The first-order valence-electron chi connectivity index (χ1n) is 18.1. The number of carbonyl (C=O) groups is 5. The first-order chi connectivity index (χ1) is 23.2. The standard InChI is InChI=1S/C25H43N7O6.C5H12.C4H10.C3H8/c1-7-9-20(31(5)22(34)16-29-24(36)19-10-12-32(38-6)13-11-19)25(37)30-17(3)14-27-18(4)23(35)28-15-21(33)26-8-2;1-5(2,3)4;1-4(2)3;1-3-2/h10-12,17-18,20,27H,7-9,13-16H2,1-6H3,(H,26,33)(H,28,35)(H,29,36)(H,30,37);1-4H3;4H,1-3H3;3H2,1-2H3/p+1. The van der Waals surface area contributed by atoms with Gasteiger partial charge in [0.15, 0.2) is 0 Å². The second kappa shape index (κ2) is 29.4. The molecule has 0 radical (unpaired) electrons. The SMILES string of the molecule is CC(C)(C)C.CC(C)C.CCC.CCCC(C(=O)NC(C)CNC(C)C(=O)NCC(=O)NCC)N(C)C(=O)CNC(=O)C1=CC[NH+](OC)C=C1. The van der Waals surface area contributed by atoms with Crippen LogP contribution in [-0.2, 0) is 28.8 Å². The molecular formula is C37H74N7O6+. The maximum absolute atomic E-state index is 13.0. The molecule has 5 amide bonds. The normalized spacial score (nSPS) is 15.1. The van der Waals surface area contributed by atoms with Crippen LogP contribution in [0.25, 0.3) is 0 Å². The Balaban J connectivity index is -0.00000158. The number of nitrogens with one attached hydrogen (secondary N) is 6. The van der Waals surface area contributed by atoms with Crippen LogP contribution in [-0.4, -0.2) is 99.4 Å². The molecule has 4 atom stereocenters. The van der Waals surface area contributed by atoms with E-state index in [2.05, 4.69) is 88.9 Å². The average Bonchev–Trinajstić information content (AvgIpc) is 3.02. The Hall–Kier alpha value is -3.29. The topological polar surface area (TPSA) is 162 Å². The lowest BCUT2D eigenvalue weighted by Crippen LogP contribution is -3.06. The molecule has 0 aliphatic carbocycles. The van der Waals surface area contributed by atoms with Gasteiger partial charge in [-0.3, -0.25) is 24.0 Å². The predicted molar refractivity (Wildman–Crippen MR) is 203 cm³/mol. The second-order valence-corrected chi connectivity index (χ2v) is 14.5. The van der Waals surface area contributed by atoms with Crippen LogP contribution < -0.4 is 31.6 Å². The van der Waals surface area contributed by atoms with E-state index in [0.717, 1.165) is 11.0 Å². The molecule has 6 N–H and O–H groups in total. The molecule has 292 valence electrons. The quantitative estimate of drug-likeness (QED) is 0.143. The molecule has 1 aliphatic rings. The zero-order valence-corrected chi connectivity index (χ0v) is 34.1. The minimum Gasteiger partial charge on any atom is -0.355 e. The third-order valence-corrected chi connectivity index (χ3v) is 5.93. The van der Waals surface area contributed by atoms with Crippen molar-refractivity contribution in [2.24, 2.45) is 11.3 Å². The van der Waals surface area contributed by atoms with Gasteiger partial charge in [0.2, 0.25) is 23.6 Å². The second-order valence-electron chi connectivity index (χ2n) is 14.5. The Morgan fingerprint density at radius 3 is 1.88 bits per heavy atom. The van der Waals surface area contributed by atoms with Gasteiger partial charge in [-0.25, -0.2) is 4.84 Å². The summed E-state index contributed by atoms with van der Waals surface area (Å²) in [5.74, 6) is -0.853. The van der Waals surface area contributed by atoms with Crippen molar-refractivity contribution in [2.75, 3.05) is 46.9 Å². The van der Waals surface area contributed by atoms with E-state index >= 15 is 0 Å². The van der Waals surface area contributed by atoms with Gasteiger partial charge in [-0.05, 0) is 44.6 Å². The van der Waals surface area contributed by atoms with Gasteiger partial charge in [0, 0.05) is 37.8 Å². The first-order valence-corrected chi connectivity index (χ1v) is 18.1. The molecule has 1 heterocycles. The Labute approximate surface area is 304 Å². The lowest BCUT2D eigenvalue weighted by molar-refractivity contribution is -1.04. The molecule has 1 rings (SSSR count). The van der Waals surface area contributed by atoms with Crippen molar-refractivity contribution in [2.45, 2.75) is 127 Å². The lowest BCUT2D eigenvalue weighted by Gasteiger charge is -2.29. The van der Waals surface area contributed by atoms with Gasteiger partial charge in [-0.1, -0.05) is 82.1 Å². The molecule has 0 aromatic heterocycles. The molecule has 0 aromatic rings. The smallest absolute Gasteiger partial charge is 0.251 e. The number of likely N-dealkylation sites (N-methyl/N-ethyl adjacent to an activating group) is 2. The molecule has 13 heteroatoms. The third kappa shape index (κ3) is 29.6. The van der Waals surface area contributed by atoms with Crippen LogP contribution in [0.1, 0.15) is 109 Å². The number of rotatable bonds is 16. The van der Waals surface area contributed by atoms with Crippen LogP contribution in [0.3, 0.4) is 0 Å². The highest BCUT2D eigenvalue weighted by Gasteiger charge is 2.28. The Morgan fingerprint density at radius 1 is 0.900 bits per heavy atom. The summed E-state index contributed by atoms with van der Waals surface area (Å²) in [6, 6.07) is -1.61. The molecule has 0 saturated heterocycles. The molecule has 4 unspecified atom stereocenters. The number of nitrogens with zero attached hydrogens (tertiary/aromatic N) is 1. The molecule has 13 nitrogen and oxygen atoms in total.